The average molecular weight is 450 g/mol. The number of rotatable bonds is 11. The van der Waals surface area contributed by atoms with Crippen LogP contribution in [0.3, 0.4) is 0 Å². The molecule has 2 rings (SSSR count). The molecule has 0 unspecified atom stereocenters. The monoisotopic (exact) mass is 449 g/mol. The van der Waals surface area contributed by atoms with E-state index in [0.717, 1.165) is 11.1 Å². The molecule has 0 fully saturated rings. The van der Waals surface area contributed by atoms with Crippen molar-refractivity contribution in [1.82, 2.24) is 10.6 Å². The summed E-state index contributed by atoms with van der Waals surface area (Å²) in [7, 11) is 3.21. The van der Waals surface area contributed by atoms with Crippen LogP contribution in [0.1, 0.15) is 17.5 Å². The van der Waals surface area contributed by atoms with Gasteiger partial charge >= 0.3 is 0 Å². The van der Waals surface area contributed by atoms with Gasteiger partial charge in [0.25, 0.3) is 0 Å². The van der Waals surface area contributed by atoms with Gasteiger partial charge in [0.15, 0.2) is 27.3 Å². The van der Waals surface area contributed by atoms with Crippen LogP contribution in [0.5, 0.6) is 17.2 Å². The number of hydrogen-bond acceptors (Lipinski definition) is 6. The van der Waals surface area contributed by atoms with Crippen LogP contribution in [0.25, 0.3) is 0 Å². The van der Waals surface area contributed by atoms with E-state index < -0.39 is 9.84 Å². The highest BCUT2D eigenvalue weighted by atomic mass is 32.2. The first kappa shape index (κ1) is 24.3. The fraction of sp³-hybridized carbons (Fsp3) is 0.409. The second kappa shape index (κ2) is 12.0. The Balaban J connectivity index is 1.84. The summed E-state index contributed by atoms with van der Waals surface area (Å²) >= 11 is 0. The van der Waals surface area contributed by atoms with Gasteiger partial charge in [0.05, 0.1) is 32.8 Å². The van der Waals surface area contributed by atoms with E-state index in [1.54, 1.807) is 28.4 Å². The summed E-state index contributed by atoms with van der Waals surface area (Å²) < 4.78 is 40.7. The van der Waals surface area contributed by atoms with Crippen molar-refractivity contribution in [2.45, 2.75) is 18.7 Å². The molecule has 0 aliphatic rings. The summed E-state index contributed by atoms with van der Waals surface area (Å²) in [4.78, 5) is 4.18. The van der Waals surface area contributed by atoms with Gasteiger partial charge in [0.1, 0.15) is 0 Å². The summed E-state index contributed by atoms with van der Waals surface area (Å²) in [5.74, 6) is 2.43. The minimum absolute atomic E-state index is 0.0575. The quantitative estimate of drug-likeness (QED) is 0.309. The Hall–Kier alpha value is -2.94. The molecule has 0 atom stereocenters. The van der Waals surface area contributed by atoms with Gasteiger partial charge in [-0.25, -0.2) is 8.42 Å². The maximum atomic E-state index is 12.3. The van der Waals surface area contributed by atoms with Crippen molar-refractivity contribution in [3.63, 3.8) is 0 Å². The van der Waals surface area contributed by atoms with Crippen LogP contribution in [0.15, 0.2) is 47.5 Å². The number of benzene rings is 2. The minimum atomic E-state index is -3.16. The van der Waals surface area contributed by atoms with Gasteiger partial charge < -0.3 is 24.8 Å². The standard InChI is InChI=1S/C22H31N3O5S/c1-23-22(24-11-8-12-31(26,27)16-17-9-6-5-7-10-17)25-15-18-13-19(28-2)21(30-4)20(14-18)29-3/h5-7,9-10,13-14H,8,11-12,15-16H2,1-4H3,(H2,23,24,25). The number of methoxy groups -OCH3 is 3. The summed E-state index contributed by atoms with van der Waals surface area (Å²) in [6.45, 7) is 0.964. The lowest BCUT2D eigenvalue weighted by Crippen LogP contribution is -2.37. The van der Waals surface area contributed by atoms with E-state index in [-0.39, 0.29) is 11.5 Å². The lowest BCUT2D eigenvalue weighted by molar-refractivity contribution is 0.323. The lowest BCUT2D eigenvalue weighted by Gasteiger charge is -2.16. The highest BCUT2D eigenvalue weighted by Crippen LogP contribution is 2.38. The molecule has 0 bridgehead atoms. The SMILES string of the molecule is CN=C(NCCCS(=O)(=O)Cc1ccccc1)NCc1cc(OC)c(OC)c(OC)c1. The van der Waals surface area contributed by atoms with Crippen molar-refractivity contribution in [2.75, 3.05) is 40.7 Å². The van der Waals surface area contributed by atoms with Crippen LogP contribution < -0.4 is 24.8 Å². The Morgan fingerprint density at radius 2 is 1.58 bits per heavy atom. The topological polar surface area (TPSA) is 98.3 Å². The Morgan fingerprint density at radius 1 is 0.935 bits per heavy atom. The number of aliphatic imine (C=N–C) groups is 1. The zero-order valence-corrected chi connectivity index (χ0v) is 19.3. The lowest BCUT2D eigenvalue weighted by atomic mass is 10.2. The molecule has 2 aromatic rings. The molecule has 8 nitrogen and oxygen atoms in total. The molecule has 2 N–H and O–H groups in total. The first-order chi connectivity index (χ1) is 14.9. The van der Waals surface area contributed by atoms with Crippen LogP contribution >= 0.6 is 0 Å². The number of sulfone groups is 1. The molecule has 2 aromatic carbocycles. The molecule has 0 aromatic heterocycles. The van der Waals surface area contributed by atoms with Crippen molar-refractivity contribution >= 4 is 15.8 Å². The zero-order valence-electron chi connectivity index (χ0n) is 18.5. The number of hydrogen-bond donors (Lipinski definition) is 2. The van der Waals surface area contributed by atoms with Crippen LogP contribution in [-0.2, 0) is 22.1 Å². The Bertz CT molecular complexity index is 937. The van der Waals surface area contributed by atoms with Gasteiger partial charge in [0.2, 0.25) is 5.75 Å². The average Bonchev–Trinajstić information content (AvgIpc) is 2.78. The third kappa shape index (κ3) is 7.67. The molecular weight excluding hydrogens is 418 g/mol. The molecule has 9 heteroatoms. The van der Waals surface area contributed by atoms with E-state index >= 15 is 0 Å². The zero-order chi connectivity index (χ0) is 22.7. The molecule has 0 amide bonds. The van der Waals surface area contributed by atoms with Crippen LogP contribution in [0, 0.1) is 0 Å². The summed E-state index contributed by atoms with van der Waals surface area (Å²) in [6.07, 6.45) is 0.486. The van der Waals surface area contributed by atoms with Gasteiger partial charge in [-0.15, -0.1) is 0 Å². The second-order valence-corrected chi connectivity index (χ2v) is 9.00. The van der Waals surface area contributed by atoms with E-state index in [1.165, 1.54) is 0 Å². The Morgan fingerprint density at radius 3 is 2.13 bits per heavy atom. The van der Waals surface area contributed by atoms with Gasteiger partial charge in [-0.3, -0.25) is 4.99 Å². The largest absolute Gasteiger partial charge is 0.493 e. The molecule has 0 heterocycles. The van der Waals surface area contributed by atoms with Gasteiger partial charge in [0, 0.05) is 20.1 Å². The van der Waals surface area contributed by atoms with E-state index in [4.69, 9.17) is 14.2 Å². The number of ether oxygens (including phenoxy) is 3. The Labute approximate surface area is 184 Å². The highest BCUT2D eigenvalue weighted by molar-refractivity contribution is 7.90. The van der Waals surface area contributed by atoms with Crippen molar-refractivity contribution in [3.05, 3.63) is 53.6 Å². The summed E-state index contributed by atoms with van der Waals surface area (Å²) in [6, 6.07) is 12.9. The molecule has 170 valence electrons. The van der Waals surface area contributed by atoms with Gasteiger partial charge in [-0.1, -0.05) is 30.3 Å². The minimum Gasteiger partial charge on any atom is -0.493 e. The van der Waals surface area contributed by atoms with Gasteiger partial charge in [-0.05, 0) is 29.7 Å². The summed E-state index contributed by atoms with van der Waals surface area (Å²) in [5.41, 5.74) is 1.72. The maximum absolute atomic E-state index is 12.3. The molecule has 31 heavy (non-hydrogen) atoms. The fourth-order valence-electron chi connectivity index (χ4n) is 3.04. The molecular formula is C22H31N3O5S. The van der Waals surface area contributed by atoms with Crippen molar-refractivity contribution in [2.24, 2.45) is 4.99 Å². The van der Waals surface area contributed by atoms with Crippen LogP contribution in [-0.4, -0.2) is 55.1 Å². The Kier molecular flexibility index (Phi) is 9.45. The van der Waals surface area contributed by atoms with Crippen molar-refractivity contribution in [1.29, 1.82) is 0 Å². The smallest absolute Gasteiger partial charge is 0.203 e. The fourth-order valence-corrected chi connectivity index (χ4v) is 4.47. The first-order valence-corrected chi connectivity index (χ1v) is 11.7. The molecule has 0 spiro atoms. The van der Waals surface area contributed by atoms with Crippen LogP contribution in [0.2, 0.25) is 0 Å². The third-order valence-corrected chi connectivity index (χ3v) is 6.25. The number of nitrogens with zero attached hydrogens (tertiary/aromatic N) is 1. The van der Waals surface area contributed by atoms with E-state index in [2.05, 4.69) is 15.6 Å². The molecule has 0 saturated carbocycles. The number of guanidine groups is 1. The molecule has 0 aliphatic heterocycles. The third-order valence-electron chi connectivity index (χ3n) is 4.56. The summed E-state index contributed by atoms with van der Waals surface area (Å²) in [5, 5.41) is 6.34. The highest BCUT2D eigenvalue weighted by Gasteiger charge is 2.14. The van der Waals surface area contributed by atoms with E-state index in [9.17, 15) is 8.42 Å². The van der Waals surface area contributed by atoms with Crippen molar-refractivity contribution < 1.29 is 22.6 Å². The van der Waals surface area contributed by atoms with E-state index in [0.29, 0.717) is 42.7 Å². The molecule has 0 radical (unpaired) electrons. The predicted octanol–water partition coefficient (Wildman–Crippen LogP) is 2.38. The molecule has 0 aliphatic carbocycles. The predicted molar refractivity (Wildman–Crippen MR) is 123 cm³/mol. The van der Waals surface area contributed by atoms with Gasteiger partial charge in [-0.2, -0.15) is 0 Å². The molecule has 0 saturated heterocycles. The number of nitrogens with one attached hydrogen (secondary N) is 2. The van der Waals surface area contributed by atoms with E-state index in [1.807, 2.05) is 42.5 Å². The maximum Gasteiger partial charge on any atom is 0.203 e. The normalized spacial score (nSPS) is 11.7. The van der Waals surface area contributed by atoms with Crippen LogP contribution in [0.4, 0.5) is 0 Å². The second-order valence-electron chi connectivity index (χ2n) is 6.82. The van der Waals surface area contributed by atoms with Crippen molar-refractivity contribution in [3.8, 4) is 17.2 Å². The first-order valence-electron chi connectivity index (χ1n) is 9.90.